The second kappa shape index (κ2) is 9.55. The Balaban J connectivity index is 0.00000106. The van der Waals surface area contributed by atoms with Crippen molar-refractivity contribution in [2.45, 2.75) is 6.92 Å². The fourth-order valence-electron chi connectivity index (χ4n) is 1.00. The molecule has 0 atom stereocenters. The third-order valence-electron chi connectivity index (χ3n) is 1.63. The van der Waals surface area contributed by atoms with Crippen LogP contribution in [-0.2, 0) is 25.9 Å². The Labute approximate surface area is 112 Å². The quantitative estimate of drug-likeness (QED) is 0.482. The Kier molecular flexibility index (Phi) is 9.15. The Morgan fingerprint density at radius 1 is 1.44 bits per heavy atom. The van der Waals surface area contributed by atoms with Gasteiger partial charge in [0.25, 0.3) is 0 Å². The number of benzene rings is 1. The van der Waals surface area contributed by atoms with Gasteiger partial charge in [-0.15, -0.1) is 5.70 Å². The number of hydrogen-bond acceptors (Lipinski definition) is 2. The number of rotatable bonds is 3. The zero-order chi connectivity index (χ0) is 12.4. The Morgan fingerprint density at radius 2 is 2.00 bits per heavy atom. The fourth-order valence-corrected chi connectivity index (χ4v) is 1.00. The molecule has 0 unspecified atom stereocenters. The number of hydrogen-bond donors (Lipinski definition) is 0. The minimum atomic E-state index is -0.471. The van der Waals surface area contributed by atoms with E-state index in [0.29, 0.717) is 12.2 Å². The Morgan fingerprint density at radius 3 is 2.50 bits per heavy atom. The predicted octanol–water partition coefficient (Wildman–Crippen LogP) is 3.49. The summed E-state index contributed by atoms with van der Waals surface area (Å²) in [5, 5.41) is 0. The summed E-state index contributed by atoms with van der Waals surface area (Å²) in [6.45, 7) is 2.06. The molecule has 0 fully saturated rings. The van der Waals surface area contributed by atoms with Crippen LogP contribution in [0.15, 0.2) is 36.4 Å². The van der Waals surface area contributed by atoms with Crippen LogP contribution in [0.2, 0.25) is 0 Å². The molecule has 0 spiro atoms. The Bertz CT molecular complexity index is 341. The van der Waals surface area contributed by atoms with Crippen molar-refractivity contribution in [3.8, 4) is 0 Å². The van der Waals surface area contributed by atoms with Gasteiger partial charge in [-0.1, -0.05) is 30.3 Å². The van der Waals surface area contributed by atoms with Crippen molar-refractivity contribution in [1.29, 1.82) is 0 Å². The molecule has 0 radical (unpaired) electrons. The van der Waals surface area contributed by atoms with Gasteiger partial charge in [0.15, 0.2) is 0 Å². The van der Waals surface area contributed by atoms with Gasteiger partial charge >= 0.3 is 35.9 Å². The standard InChI is InChI=1S/C11H13NO2.BrH.Zn/c1-2-14-11(13)8-10(12)9-6-4-3-5-7-9;;/h3-8H,2H2,1H3,(H2,12,13);1H;/q;;+2/p-2. The minimum absolute atomic E-state index is 0.170. The van der Waals surface area contributed by atoms with Crippen LogP contribution < -0.4 is 0 Å². The van der Waals surface area contributed by atoms with Crippen LogP contribution in [0.1, 0.15) is 12.5 Å². The third kappa shape index (κ3) is 6.03. The summed E-state index contributed by atoms with van der Waals surface area (Å²) in [6, 6.07) is 9.06. The number of esters is 1. The van der Waals surface area contributed by atoms with Gasteiger partial charge in [-0.3, -0.25) is 0 Å². The van der Waals surface area contributed by atoms with E-state index in [1.165, 1.54) is 22.4 Å². The zero-order valence-electron chi connectivity index (χ0n) is 9.07. The van der Waals surface area contributed by atoms with Crippen LogP contribution >= 0.6 is 13.6 Å². The van der Waals surface area contributed by atoms with E-state index in [1.54, 1.807) is 19.1 Å². The number of halogens is 1. The molecule has 5 heteroatoms. The van der Waals surface area contributed by atoms with Crippen molar-refractivity contribution in [2.24, 2.45) is 0 Å². The van der Waals surface area contributed by atoms with E-state index >= 15 is 0 Å². The monoisotopic (exact) mass is 333 g/mol. The maximum absolute atomic E-state index is 11.0. The summed E-state index contributed by atoms with van der Waals surface area (Å²) in [5.74, 6) is -0.471. The molecule has 1 N–H and O–H groups in total. The average Bonchev–Trinajstić information content (AvgIpc) is 2.33. The topological polar surface area (TPSA) is 50.1 Å². The van der Waals surface area contributed by atoms with Crippen LogP contribution in [0, 0.1) is 0 Å². The first-order chi connectivity index (χ1) is 7.74. The van der Waals surface area contributed by atoms with Gasteiger partial charge in [0.05, 0.1) is 6.61 Å². The number of ether oxygens (including phenoxy) is 1. The van der Waals surface area contributed by atoms with Crippen molar-refractivity contribution in [2.75, 3.05) is 6.61 Å². The summed E-state index contributed by atoms with van der Waals surface area (Å²) in [4.78, 5) is 11.0. The van der Waals surface area contributed by atoms with E-state index in [4.69, 9.17) is 10.5 Å². The molecular formula is C11H12BrNO2Zn. The molecule has 3 nitrogen and oxygen atoms in total. The summed E-state index contributed by atoms with van der Waals surface area (Å²) < 4.78 is 4.70. The van der Waals surface area contributed by atoms with E-state index in [1.807, 2.05) is 18.2 Å². The molecule has 0 bridgehead atoms. The predicted molar refractivity (Wildman–Crippen MR) is 64.3 cm³/mol. The maximum atomic E-state index is 11.0. The molecule has 0 aromatic heterocycles. The van der Waals surface area contributed by atoms with E-state index in [0.717, 1.165) is 0 Å². The van der Waals surface area contributed by atoms with Gasteiger partial charge in [-0.2, -0.15) is 0 Å². The summed E-state index contributed by atoms with van der Waals surface area (Å²) in [6.07, 6.45) is 1.18. The van der Waals surface area contributed by atoms with Crippen molar-refractivity contribution in [3.05, 3.63) is 47.7 Å². The third-order valence-corrected chi connectivity index (χ3v) is 1.63. The van der Waals surface area contributed by atoms with Crippen molar-refractivity contribution in [3.63, 3.8) is 0 Å². The normalized spacial score (nSPS) is 10.1. The summed E-state index contributed by atoms with van der Waals surface area (Å²) >= 11 is 4.25. The first-order valence-electron chi connectivity index (χ1n) is 4.66. The van der Waals surface area contributed by atoms with Crippen molar-refractivity contribution < 1.29 is 25.9 Å². The van der Waals surface area contributed by atoms with Gasteiger partial charge in [-0.25, -0.2) is 4.79 Å². The van der Waals surface area contributed by atoms with E-state index in [-0.39, 0.29) is 5.70 Å². The summed E-state index contributed by atoms with van der Waals surface area (Å²) in [5.41, 5.74) is 8.46. The van der Waals surface area contributed by atoms with E-state index < -0.39 is 5.97 Å². The fraction of sp³-hybridized carbons (Fsp3) is 0.182. The van der Waals surface area contributed by atoms with Gasteiger partial charge in [0.1, 0.15) is 0 Å². The zero-order valence-corrected chi connectivity index (χ0v) is 13.6. The van der Waals surface area contributed by atoms with Gasteiger partial charge < -0.3 is 10.5 Å². The molecule has 1 rings (SSSR count). The number of carbonyl (C=O) groups excluding carboxylic acids is 1. The second-order valence-corrected chi connectivity index (χ2v) is 2.68. The Hall–Kier alpha value is -0.667. The van der Waals surface area contributed by atoms with Gasteiger partial charge in [0.2, 0.25) is 0 Å². The first-order valence-corrected chi connectivity index (χ1v) is 11.6. The molecule has 0 aliphatic heterocycles. The van der Waals surface area contributed by atoms with Crippen LogP contribution in [0.25, 0.3) is 11.4 Å². The van der Waals surface area contributed by atoms with Crippen LogP contribution in [-0.4, -0.2) is 12.6 Å². The molecule has 1 aromatic carbocycles. The van der Waals surface area contributed by atoms with E-state index in [2.05, 4.69) is 13.6 Å². The average molecular weight is 336 g/mol. The molecule has 0 aliphatic carbocycles. The molecule has 0 saturated carbocycles. The number of carbonyl (C=O) groups is 1. The van der Waals surface area contributed by atoms with Crippen molar-refractivity contribution >= 4 is 25.3 Å². The van der Waals surface area contributed by atoms with Crippen LogP contribution in [0.5, 0.6) is 0 Å². The molecule has 82 valence electrons. The number of nitrogens with one attached hydrogen (secondary N) is 1. The first kappa shape index (κ1) is 15.3. The molecule has 0 heterocycles. The van der Waals surface area contributed by atoms with Crippen molar-refractivity contribution in [1.82, 2.24) is 0 Å². The molecule has 0 saturated heterocycles. The molecule has 1 aromatic rings. The van der Waals surface area contributed by atoms with Gasteiger partial charge in [-0.05, 0) is 12.5 Å². The van der Waals surface area contributed by atoms with Gasteiger partial charge in [0, 0.05) is 6.08 Å². The van der Waals surface area contributed by atoms with Crippen LogP contribution in [0.4, 0.5) is 0 Å². The molecule has 16 heavy (non-hydrogen) atoms. The molecule has 0 amide bonds. The molecular weight excluding hydrogens is 323 g/mol. The molecule has 0 aliphatic rings. The summed E-state index contributed by atoms with van der Waals surface area (Å²) in [7, 11) is 0. The van der Waals surface area contributed by atoms with E-state index in [9.17, 15) is 4.79 Å². The second-order valence-electron chi connectivity index (χ2n) is 2.68. The SMILES string of the molecule is CCOC(=O)/C=C(\[NH-])c1ccccc1.[Zn+][Br]. The van der Waals surface area contributed by atoms with Crippen LogP contribution in [0.3, 0.4) is 0 Å².